The summed E-state index contributed by atoms with van der Waals surface area (Å²) in [6, 6.07) is 4.34. The second-order valence-electron chi connectivity index (χ2n) is 10.4. The number of hydrogen-bond donors (Lipinski definition) is 2. The number of imidazole rings is 1. The summed E-state index contributed by atoms with van der Waals surface area (Å²) < 4.78 is 55.1. The van der Waals surface area contributed by atoms with Crippen LogP contribution in [0.1, 0.15) is 39.5 Å². The molecule has 0 aliphatic carbocycles. The van der Waals surface area contributed by atoms with Crippen LogP contribution in [0.15, 0.2) is 30.6 Å². The number of halogens is 6. The van der Waals surface area contributed by atoms with E-state index in [1.54, 1.807) is 9.80 Å². The van der Waals surface area contributed by atoms with Crippen molar-refractivity contribution in [1.82, 2.24) is 34.4 Å². The molecule has 0 radical (unpaired) electrons. The highest BCUT2D eigenvalue weighted by Gasteiger charge is 2.39. The Morgan fingerprint density at radius 2 is 1.75 bits per heavy atom. The van der Waals surface area contributed by atoms with Gasteiger partial charge in [-0.15, -0.1) is 12.4 Å². The van der Waals surface area contributed by atoms with E-state index in [4.69, 9.17) is 11.6 Å². The van der Waals surface area contributed by atoms with Gasteiger partial charge in [0.1, 0.15) is 0 Å². The number of benzene rings is 1. The fraction of sp³-hybridized carbons (Fsp3) is 0.444. The molecular formula is C27H30Cl2F4N8O3. The first kappa shape index (κ1) is 33.2. The van der Waals surface area contributed by atoms with Gasteiger partial charge in [-0.1, -0.05) is 11.6 Å². The van der Waals surface area contributed by atoms with Gasteiger partial charge in [0.2, 0.25) is 5.91 Å². The van der Waals surface area contributed by atoms with Gasteiger partial charge in [-0.3, -0.25) is 14.4 Å². The van der Waals surface area contributed by atoms with Gasteiger partial charge in [0, 0.05) is 51.0 Å². The molecule has 0 unspecified atom stereocenters. The molecule has 2 fully saturated rings. The zero-order valence-corrected chi connectivity index (χ0v) is 25.1. The summed E-state index contributed by atoms with van der Waals surface area (Å²) >= 11 is 6.41. The first-order valence-electron chi connectivity index (χ1n) is 13.6. The van der Waals surface area contributed by atoms with Crippen molar-refractivity contribution in [3.05, 3.63) is 52.7 Å². The summed E-state index contributed by atoms with van der Waals surface area (Å²) in [5, 5.41) is 9.16. The quantitative estimate of drug-likeness (QED) is 0.388. The molecule has 11 nitrogen and oxygen atoms in total. The van der Waals surface area contributed by atoms with Gasteiger partial charge in [-0.05, 0) is 44.1 Å². The van der Waals surface area contributed by atoms with Gasteiger partial charge in [-0.2, -0.15) is 18.3 Å². The van der Waals surface area contributed by atoms with E-state index in [-0.39, 0.29) is 57.9 Å². The maximum atomic E-state index is 13.5. The van der Waals surface area contributed by atoms with Crippen LogP contribution in [0, 0.1) is 5.92 Å². The Bertz CT molecular complexity index is 1530. The maximum absolute atomic E-state index is 13.5. The van der Waals surface area contributed by atoms with E-state index in [9.17, 15) is 31.9 Å². The van der Waals surface area contributed by atoms with Crippen LogP contribution in [-0.4, -0.2) is 86.1 Å². The standard InChI is InChI=1S/C27H29ClF4N8O3.ClH/c1-37-21(19-14-40(15-29)36-22(19)27(30,31)32)13-34-23(37)24(41)35-17-2-3-18(20(28)12-17)26(43)39-10-8-38(9-11-39)25(42)16-4-6-33-7-5-16;/h2-3,12-14,16,33H,4-11,15H2,1H3,(H,35,41);1H. The number of hydrogen-bond acceptors (Lipinski definition) is 6. The molecule has 44 heavy (non-hydrogen) atoms. The van der Waals surface area contributed by atoms with Gasteiger partial charge in [-0.25, -0.2) is 14.1 Å². The molecule has 17 heteroatoms. The number of carbonyl (C=O) groups is 3. The number of piperazine rings is 1. The largest absolute Gasteiger partial charge is 0.435 e. The molecule has 3 amide bonds. The smallest absolute Gasteiger partial charge is 0.339 e. The van der Waals surface area contributed by atoms with Crippen molar-refractivity contribution in [2.75, 3.05) is 44.6 Å². The number of nitrogens with one attached hydrogen (secondary N) is 2. The summed E-state index contributed by atoms with van der Waals surface area (Å²) in [4.78, 5) is 46.3. The van der Waals surface area contributed by atoms with Crippen LogP contribution in [-0.2, 0) is 24.8 Å². The van der Waals surface area contributed by atoms with Gasteiger partial charge < -0.3 is 25.0 Å². The second-order valence-corrected chi connectivity index (χ2v) is 10.8. The van der Waals surface area contributed by atoms with Crippen molar-refractivity contribution >= 4 is 47.4 Å². The molecule has 2 saturated heterocycles. The molecule has 2 aliphatic heterocycles. The third-order valence-corrected chi connectivity index (χ3v) is 7.96. The molecule has 2 aromatic heterocycles. The van der Waals surface area contributed by atoms with E-state index in [1.165, 1.54) is 25.2 Å². The monoisotopic (exact) mass is 660 g/mol. The molecule has 238 valence electrons. The molecule has 0 atom stereocenters. The summed E-state index contributed by atoms with van der Waals surface area (Å²) in [6.07, 6.45) is -1.27. The third kappa shape index (κ3) is 6.84. The Labute approximate surface area is 260 Å². The zero-order chi connectivity index (χ0) is 30.9. The van der Waals surface area contributed by atoms with Gasteiger partial charge in [0.25, 0.3) is 11.8 Å². The van der Waals surface area contributed by atoms with Crippen molar-refractivity contribution in [1.29, 1.82) is 0 Å². The van der Waals surface area contributed by atoms with Crippen LogP contribution in [0.3, 0.4) is 0 Å². The molecule has 0 bridgehead atoms. The lowest BCUT2D eigenvalue weighted by molar-refractivity contribution is -0.141. The maximum Gasteiger partial charge on any atom is 0.435 e. The molecular weight excluding hydrogens is 631 g/mol. The Hall–Kier alpha value is -3.69. The first-order chi connectivity index (χ1) is 20.5. The fourth-order valence-corrected chi connectivity index (χ4v) is 5.59. The lowest BCUT2D eigenvalue weighted by Crippen LogP contribution is -2.52. The molecule has 4 heterocycles. The molecule has 0 spiro atoms. The molecule has 3 aromatic rings. The van der Waals surface area contributed by atoms with Crippen LogP contribution in [0.2, 0.25) is 5.02 Å². The highest BCUT2D eigenvalue weighted by molar-refractivity contribution is 6.34. The zero-order valence-electron chi connectivity index (χ0n) is 23.5. The average molecular weight is 661 g/mol. The predicted molar refractivity (Wildman–Crippen MR) is 155 cm³/mol. The van der Waals surface area contributed by atoms with Crippen molar-refractivity contribution in [2.24, 2.45) is 13.0 Å². The van der Waals surface area contributed by atoms with E-state index in [1.807, 2.05) is 0 Å². The number of anilines is 1. The number of carbonyl (C=O) groups excluding carboxylic acids is 3. The topological polar surface area (TPSA) is 117 Å². The van der Waals surface area contributed by atoms with E-state index < -0.39 is 30.1 Å². The summed E-state index contributed by atoms with van der Waals surface area (Å²) in [7, 11) is 1.35. The van der Waals surface area contributed by atoms with E-state index in [0.717, 1.165) is 42.9 Å². The number of nitrogens with zero attached hydrogens (tertiary/aromatic N) is 6. The van der Waals surface area contributed by atoms with Crippen LogP contribution < -0.4 is 10.6 Å². The summed E-state index contributed by atoms with van der Waals surface area (Å²) in [5.41, 5.74) is -1.37. The number of aromatic nitrogens is 4. The van der Waals surface area contributed by atoms with Crippen LogP contribution in [0.4, 0.5) is 23.2 Å². The summed E-state index contributed by atoms with van der Waals surface area (Å²) in [5.74, 6) is -1.13. The highest BCUT2D eigenvalue weighted by Crippen LogP contribution is 2.36. The molecule has 2 aliphatic rings. The SMILES string of the molecule is Cl.Cn1c(-c2cn(CF)nc2C(F)(F)F)cnc1C(=O)Nc1ccc(C(=O)N2CCN(C(=O)C3CCNCC3)CC2)c(Cl)c1. The van der Waals surface area contributed by atoms with Crippen molar-refractivity contribution in [3.8, 4) is 11.3 Å². The van der Waals surface area contributed by atoms with Crippen LogP contribution >= 0.6 is 24.0 Å². The van der Waals surface area contributed by atoms with Crippen molar-refractivity contribution < 1.29 is 31.9 Å². The lowest BCUT2D eigenvalue weighted by Gasteiger charge is -2.37. The Kier molecular flexibility index (Phi) is 10.2. The van der Waals surface area contributed by atoms with Crippen molar-refractivity contribution in [3.63, 3.8) is 0 Å². The molecule has 1 aromatic carbocycles. The average Bonchev–Trinajstić information content (AvgIpc) is 3.60. The van der Waals surface area contributed by atoms with Gasteiger partial charge >= 0.3 is 6.18 Å². The first-order valence-corrected chi connectivity index (χ1v) is 14.0. The highest BCUT2D eigenvalue weighted by atomic mass is 35.5. The Morgan fingerprint density at radius 3 is 2.36 bits per heavy atom. The summed E-state index contributed by atoms with van der Waals surface area (Å²) in [6.45, 7) is 1.99. The third-order valence-electron chi connectivity index (χ3n) is 7.64. The van der Waals surface area contributed by atoms with Gasteiger partial charge in [0.15, 0.2) is 18.3 Å². The number of piperidine rings is 1. The Morgan fingerprint density at radius 1 is 1.09 bits per heavy atom. The molecule has 5 rings (SSSR count). The molecule has 2 N–H and O–H groups in total. The fourth-order valence-electron chi connectivity index (χ4n) is 5.33. The van der Waals surface area contributed by atoms with Crippen LogP contribution in [0.25, 0.3) is 11.3 Å². The lowest BCUT2D eigenvalue weighted by atomic mass is 9.96. The minimum atomic E-state index is -4.85. The number of rotatable bonds is 6. The van der Waals surface area contributed by atoms with Gasteiger partial charge in [0.05, 0.1) is 28.0 Å². The minimum absolute atomic E-state index is 0. The molecule has 0 saturated carbocycles. The van der Waals surface area contributed by atoms with E-state index >= 15 is 0 Å². The number of alkyl halides is 4. The number of amides is 3. The Balaban J connectivity index is 0.00000442. The second kappa shape index (κ2) is 13.5. The van der Waals surface area contributed by atoms with Crippen LogP contribution in [0.5, 0.6) is 0 Å². The normalized spacial score (nSPS) is 16.0. The van der Waals surface area contributed by atoms with E-state index in [0.29, 0.717) is 30.9 Å². The van der Waals surface area contributed by atoms with E-state index in [2.05, 4.69) is 20.7 Å². The predicted octanol–water partition coefficient (Wildman–Crippen LogP) is 3.84. The van der Waals surface area contributed by atoms with Crippen molar-refractivity contribution in [2.45, 2.75) is 25.8 Å². The minimum Gasteiger partial charge on any atom is -0.339 e.